The van der Waals surface area contributed by atoms with Gasteiger partial charge in [-0.3, -0.25) is 0 Å². The molecule has 0 spiro atoms. The van der Waals surface area contributed by atoms with E-state index < -0.39 is 0 Å². The Bertz CT molecular complexity index is 757. The number of benzene rings is 2. The standard InChI is InChI=1S/C20H24ClN3O/c1-25-19-6-5-15-7-8-22-14-18(15)20(19)24-11-9-23(10-12-24)17-4-2-3-16(21)13-17/h2-6,13,22H,7-12,14H2,1H3. The number of hydrogen-bond acceptors (Lipinski definition) is 4. The van der Waals surface area contributed by atoms with Gasteiger partial charge >= 0.3 is 0 Å². The van der Waals surface area contributed by atoms with Crippen LogP contribution in [-0.4, -0.2) is 39.8 Å². The number of nitrogens with zero attached hydrogens (tertiary/aromatic N) is 2. The minimum atomic E-state index is 0.796. The van der Waals surface area contributed by atoms with Gasteiger partial charge in [0, 0.05) is 43.4 Å². The molecule has 0 aromatic heterocycles. The van der Waals surface area contributed by atoms with E-state index in [9.17, 15) is 0 Å². The number of fused-ring (bicyclic) bond motifs is 1. The third kappa shape index (κ3) is 3.29. The lowest BCUT2D eigenvalue weighted by Gasteiger charge is -2.39. The zero-order valence-electron chi connectivity index (χ0n) is 14.6. The van der Waals surface area contributed by atoms with Gasteiger partial charge in [0.15, 0.2) is 0 Å². The van der Waals surface area contributed by atoms with Gasteiger partial charge in [0.05, 0.1) is 12.8 Å². The van der Waals surface area contributed by atoms with Crippen molar-refractivity contribution in [2.45, 2.75) is 13.0 Å². The van der Waals surface area contributed by atoms with E-state index >= 15 is 0 Å². The molecule has 0 atom stereocenters. The van der Waals surface area contributed by atoms with E-state index in [1.165, 1.54) is 22.5 Å². The van der Waals surface area contributed by atoms with E-state index in [1.807, 2.05) is 18.2 Å². The number of methoxy groups -OCH3 is 1. The summed E-state index contributed by atoms with van der Waals surface area (Å²) in [6.07, 6.45) is 1.09. The lowest BCUT2D eigenvalue weighted by molar-refractivity contribution is 0.412. The number of nitrogens with one attached hydrogen (secondary N) is 1. The Balaban J connectivity index is 1.56. The molecule has 1 fully saturated rings. The van der Waals surface area contributed by atoms with E-state index in [1.54, 1.807) is 7.11 Å². The Kier molecular flexibility index (Phi) is 4.73. The smallest absolute Gasteiger partial charge is 0.142 e. The van der Waals surface area contributed by atoms with Gasteiger partial charge in [0.25, 0.3) is 0 Å². The molecule has 1 N–H and O–H groups in total. The second-order valence-electron chi connectivity index (χ2n) is 6.63. The fourth-order valence-corrected chi connectivity index (χ4v) is 4.08. The summed E-state index contributed by atoms with van der Waals surface area (Å²) in [6, 6.07) is 12.5. The monoisotopic (exact) mass is 357 g/mol. The van der Waals surface area contributed by atoms with Crippen molar-refractivity contribution in [3.63, 3.8) is 0 Å². The average molecular weight is 358 g/mol. The highest BCUT2D eigenvalue weighted by Crippen LogP contribution is 2.37. The Morgan fingerprint density at radius 3 is 2.60 bits per heavy atom. The van der Waals surface area contributed by atoms with E-state index in [0.717, 1.165) is 56.5 Å². The summed E-state index contributed by atoms with van der Waals surface area (Å²) >= 11 is 6.15. The maximum absolute atomic E-state index is 6.15. The van der Waals surface area contributed by atoms with Gasteiger partial charge in [-0.2, -0.15) is 0 Å². The van der Waals surface area contributed by atoms with Crippen LogP contribution in [-0.2, 0) is 13.0 Å². The van der Waals surface area contributed by atoms with Crippen molar-refractivity contribution in [1.29, 1.82) is 0 Å². The molecule has 0 saturated carbocycles. The summed E-state index contributed by atoms with van der Waals surface area (Å²) in [5, 5.41) is 4.30. The molecular weight excluding hydrogens is 334 g/mol. The predicted molar refractivity (Wildman–Crippen MR) is 104 cm³/mol. The second-order valence-corrected chi connectivity index (χ2v) is 7.07. The summed E-state index contributed by atoms with van der Waals surface area (Å²) in [6.45, 7) is 5.93. The van der Waals surface area contributed by atoms with Crippen LogP contribution in [0, 0.1) is 0 Å². The van der Waals surface area contributed by atoms with Gasteiger partial charge in [-0.1, -0.05) is 23.7 Å². The zero-order chi connectivity index (χ0) is 17.2. The fourth-order valence-electron chi connectivity index (χ4n) is 3.90. The number of halogens is 1. The first-order chi connectivity index (χ1) is 12.3. The molecule has 2 aliphatic rings. The number of piperazine rings is 1. The van der Waals surface area contributed by atoms with Gasteiger partial charge in [0.1, 0.15) is 5.75 Å². The molecule has 2 heterocycles. The normalized spacial score (nSPS) is 17.4. The van der Waals surface area contributed by atoms with Crippen LogP contribution in [0.2, 0.25) is 5.02 Å². The summed E-state index contributed by atoms with van der Waals surface area (Å²) in [5.74, 6) is 0.985. The van der Waals surface area contributed by atoms with E-state index in [-0.39, 0.29) is 0 Å². The lowest BCUT2D eigenvalue weighted by Crippen LogP contribution is -2.47. The summed E-state index contributed by atoms with van der Waals surface area (Å²) in [5.41, 5.74) is 5.34. The van der Waals surface area contributed by atoms with Gasteiger partial charge in [-0.15, -0.1) is 0 Å². The molecule has 2 aromatic carbocycles. The molecule has 5 heteroatoms. The SMILES string of the molecule is COc1ccc2c(c1N1CCN(c3cccc(Cl)c3)CC1)CNCC2. The van der Waals surface area contributed by atoms with Crippen LogP contribution in [0.3, 0.4) is 0 Å². The van der Waals surface area contributed by atoms with Crippen LogP contribution < -0.4 is 19.9 Å². The van der Waals surface area contributed by atoms with Crippen molar-refractivity contribution in [3.8, 4) is 5.75 Å². The van der Waals surface area contributed by atoms with Crippen LogP contribution in [0.5, 0.6) is 5.75 Å². The highest BCUT2D eigenvalue weighted by molar-refractivity contribution is 6.30. The molecular formula is C20H24ClN3O. The van der Waals surface area contributed by atoms with Crippen LogP contribution in [0.1, 0.15) is 11.1 Å². The summed E-state index contributed by atoms with van der Waals surface area (Å²) < 4.78 is 5.69. The summed E-state index contributed by atoms with van der Waals surface area (Å²) in [7, 11) is 1.77. The molecule has 0 bridgehead atoms. The maximum Gasteiger partial charge on any atom is 0.142 e. The Morgan fingerprint density at radius 1 is 1.04 bits per heavy atom. The minimum Gasteiger partial charge on any atom is -0.495 e. The van der Waals surface area contributed by atoms with Gasteiger partial charge in [-0.05, 0) is 48.4 Å². The Morgan fingerprint density at radius 2 is 1.84 bits per heavy atom. The topological polar surface area (TPSA) is 27.7 Å². The van der Waals surface area contributed by atoms with Crippen molar-refractivity contribution >= 4 is 23.0 Å². The second kappa shape index (κ2) is 7.14. The fraction of sp³-hybridized carbons (Fsp3) is 0.400. The molecule has 0 radical (unpaired) electrons. The third-order valence-corrected chi connectivity index (χ3v) is 5.44. The van der Waals surface area contributed by atoms with E-state index in [4.69, 9.17) is 16.3 Å². The van der Waals surface area contributed by atoms with Crippen molar-refractivity contribution in [3.05, 3.63) is 52.5 Å². The van der Waals surface area contributed by atoms with Crippen molar-refractivity contribution < 1.29 is 4.74 Å². The van der Waals surface area contributed by atoms with Gasteiger partial charge in [0.2, 0.25) is 0 Å². The molecule has 0 amide bonds. The highest BCUT2D eigenvalue weighted by Gasteiger charge is 2.25. The molecule has 2 aromatic rings. The first kappa shape index (κ1) is 16.6. The van der Waals surface area contributed by atoms with Gasteiger partial charge < -0.3 is 19.9 Å². The van der Waals surface area contributed by atoms with Crippen molar-refractivity contribution in [2.75, 3.05) is 49.6 Å². The number of hydrogen-bond donors (Lipinski definition) is 1. The zero-order valence-corrected chi connectivity index (χ0v) is 15.4. The van der Waals surface area contributed by atoms with E-state index in [0.29, 0.717) is 0 Å². The van der Waals surface area contributed by atoms with Crippen LogP contribution in [0.4, 0.5) is 11.4 Å². The highest BCUT2D eigenvalue weighted by atomic mass is 35.5. The minimum absolute atomic E-state index is 0.796. The molecule has 0 aliphatic carbocycles. The lowest BCUT2D eigenvalue weighted by atomic mass is 9.97. The number of rotatable bonds is 3. The molecule has 4 rings (SSSR count). The number of anilines is 2. The van der Waals surface area contributed by atoms with Gasteiger partial charge in [-0.25, -0.2) is 0 Å². The average Bonchev–Trinajstić information content (AvgIpc) is 2.67. The largest absolute Gasteiger partial charge is 0.495 e. The molecule has 2 aliphatic heterocycles. The number of ether oxygens (including phenoxy) is 1. The van der Waals surface area contributed by atoms with Crippen molar-refractivity contribution in [1.82, 2.24) is 5.32 Å². The van der Waals surface area contributed by atoms with Crippen LogP contribution in [0.25, 0.3) is 0 Å². The molecule has 0 unspecified atom stereocenters. The molecule has 4 nitrogen and oxygen atoms in total. The van der Waals surface area contributed by atoms with Crippen molar-refractivity contribution in [2.24, 2.45) is 0 Å². The first-order valence-electron chi connectivity index (χ1n) is 8.91. The molecule has 132 valence electrons. The predicted octanol–water partition coefficient (Wildman–Crippen LogP) is 3.32. The van der Waals surface area contributed by atoms with Crippen LogP contribution >= 0.6 is 11.6 Å². The van der Waals surface area contributed by atoms with Crippen LogP contribution in [0.15, 0.2) is 36.4 Å². The molecule has 1 saturated heterocycles. The van der Waals surface area contributed by atoms with E-state index in [2.05, 4.69) is 33.3 Å². The first-order valence-corrected chi connectivity index (χ1v) is 9.29. The third-order valence-electron chi connectivity index (χ3n) is 5.20. The molecule has 25 heavy (non-hydrogen) atoms. The maximum atomic E-state index is 6.15. The Labute approximate surface area is 154 Å². The summed E-state index contributed by atoms with van der Waals surface area (Å²) in [4.78, 5) is 4.88. The quantitative estimate of drug-likeness (QED) is 0.912. The Hall–Kier alpha value is -1.91.